The van der Waals surface area contributed by atoms with Crippen LogP contribution in [0.15, 0.2) is 47.6 Å². The number of anilines is 2. The second-order valence-electron chi connectivity index (χ2n) is 6.46. The lowest BCUT2D eigenvalue weighted by Crippen LogP contribution is -2.23. The Morgan fingerprint density at radius 2 is 2.11 bits per heavy atom. The third kappa shape index (κ3) is 3.96. The van der Waals surface area contributed by atoms with E-state index in [2.05, 4.69) is 15.3 Å². The predicted molar refractivity (Wildman–Crippen MR) is 110 cm³/mol. The van der Waals surface area contributed by atoms with Crippen molar-refractivity contribution in [1.82, 2.24) is 9.97 Å². The fourth-order valence-corrected chi connectivity index (χ4v) is 3.82. The Bertz CT molecular complexity index is 1020. The van der Waals surface area contributed by atoms with Crippen molar-refractivity contribution in [3.8, 4) is 5.75 Å². The van der Waals surface area contributed by atoms with Gasteiger partial charge in [-0.15, -0.1) is 0 Å². The maximum Gasteiger partial charge on any atom is 0.234 e. The average molecular weight is 396 g/mol. The molecule has 2 aromatic carbocycles. The molecular formula is C20H20N4O3S. The van der Waals surface area contributed by atoms with Crippen molar-refractivity contribution in [3.63, 3.8) is 0 Å². The SMILES string of the molecule is COc1ccc2nc(SCC(=O)Nc3ccc(N4CCCC4=O)cc3)[nH]c2c1. The summed E-state index contributed by atoms with van der Waals surface area (Å²) in [6.07, 6.45) is 1.49. The van der Waals surface area contributed by atoms with Crippen LogP contribution in [0.2, 0.25) is 0 Å². The Morgan fingerprint density at radius 3 is 2.82 bits per heavy atom. The minimum atomic E-state index is -0.118. The van der Waals surface area contributed by atoms with Crippen LogP contribution in [0.4, 0.5) is 11.4 Å². The van der Waals surface area contributed by atoms with Gasteiger partial charge in [0.15, 0.2) is 5.16 Å². The fraction of sp³-hybridized carbons (Fsp3) is 0.250. The number of thioether (sulfide) groups is 1. The number of imidazole rings is 1. The predicted octanol–water partition coefficient (Wildman–Crippen LogP) is 3.43. The Labute approximate surface area is 166 Å². The summed E-state index contributed by atoms with van der Waals surface area (Å²) in [4.78, 5) is 33.5. The Kier molecular flexibility index (Phi) is 5.21. The standard InChI is InChI=1S/C20H20N4O3S/c1-27-15-8-9-16-17(11-15)23-20(22-16)28-12-18(25)21-13-4-6-14(7-5-13)24-10-2-3-19(24)26/h4-9,11H,2-3,10,12H2,1H3,(H,21,25)(H,22,23). The number of aromatic amines is 1. The molecule has 28 heavy (non-hydrogen) atoms. The minimum Gasteiger partial charge on any atom is -0.497 e. The maximum absolute atomic E-state index is 12.2. The zero-order valence-electron chi connectivity index (χ0n) is 15.4. The number of ether oxygens (including phenoxy) is 1. The lowest BCUT2D eigenvalue weighted by molar-refractivity contribution is -0.117. The summed E-state index contributed by atoms with van der Waals surface area (Å²) in [7, 11) is 1.62. The topological polar surface area (TPSA) is 87.3 Å². The van der Waals surface area contributed by atoms with Gasteiger partial charge >= 0.3 is 0 Å². The molecule has 2 N–H and O–H groups in total. The quantitative estimate of drug-likeness (QED) is 0.624. The molecular weight excluding hydrogens is 376 g/mol. The largest absolute Gasteiger partial charge is 0.497 e. The number of amides is 2. The molecule has 0 saturated carbocycles. The lowest BCUT2D eigenvalue weighted by atomic mass is 10.2. The molecule has 0 bridgehead atoms. The Morgan fingerprint density at radius 1 is 1.29 bits per heavy atom. The molecule has 4 rings (SSSR count). The Balaban J connectivity index is 1.33. The van der Waals surface area contributed by atoms with Crippen molar-refractivity contribution >= 4 is 46.0 Å². The molecule has 2 amide bonds. The van der Waals surface area contributed by atoms with Gasteiger partial charge in [0.1, 0.15) is 5.75 Å². The molecule has 8 heteroatoms. The zero-order chi connectivity index (χ0) is 19.5. The van der Waals surface area contributed by atoms with Gasteiger partial charge in [0.05, 0.1) is 23.9 Å². The Hall–Kier alpha value is -3.00. The van der Waals surface area contributed by atoms with E-state index in [1.54, 1.807) is 12.0 Å². The van der Waals surface area contributed by atoms with E-state index in [9.17, 15) is 9.59 Å². The highest BCUT2D eigenvalue weighted by Gasteiger charge is 2.21. The van der Waals surface area contributed by atoms with Gasteiger partial charge in [0.25, 0.3) is 0 Å². The van der Waals surface area contributed by atoms with Gasteiger partial charge in [-0.05, 0) is 42.8 Å². The van der Waals surface area contributed by atoms with Crippen LogP contribution >= 0.6 is 11.8 Å². The van der Waals surface area contributed by atoms with Crippen LogP contribution < -0.4 is 15.0 Å². The van der Waals surface area contributed by atoms with Crippen LogP contribution in [-0.4, -0.2) is 41.2 Å². The molecule has 1 fully saturated rings. The van der Waals surface area contributed by atoms with Gasteiger partial charge in [-0.2, -0.15) is 0 Å². The van der Waals surface area contributed by atoms with Gasteiger partial charge in [-0.25, -0.2) is 4.98 Å². The van der Waals surface area contributed by atoms with Gasteiger partial charge in [-0.3, -0.25) is 9.59 Å². The average Bonchev–Trinajstić information content (AvgIpc) is 3.32. The number of benzene rings is 2. The number of fused-ring (bicyclic) bond motifs is 1. The highest BCUT2D eigenvalue weighted by atomic mass is 32.2. The summed E-state index contributed by atoms with van der Waals surface area (Å²) >= 11 is 1.34. The first-order chi connectivity index (χ1) is 13.6. The molecule has 3 aromatic rings. The second-order valence-corrected chi connectivity index (χ2v) is 7.42. The number of hydrogen-bond acceptors (Lipinski definition) is 5. The molecule has 1 saturated heterocycles. The second kappa shape index (κ2) is 7.93. The number of rotatable bonds is 6. The molecule has 0 spiro atoms. The summed E-state index contributed by atoms with van der Waals surface area (Å²) < 4.78 is 5.20. The summed E-state index contributed by atoms with van der Waals surface area (Å²) in [6.45, 7) is 0.755. The molecule has 0 radical (unpaired) electrons. The number of carbonyl (C=O) groups is 2. The van der Waals surface area contributed by atoms with Gasteiger partial charge in [0.2, 0.25) is 11.8 Å². The van der Waals surface area contributed by atoms with Crippen LogP contribution in [0.3, 0.4) is 0 Å². The van der Waals surface area contributed by atoms with Crippen molar-refractivity contribution in [2.45, 2.75) is 18.0 Å². The molecule has 144 valence electrons. The lowest BCUT2D eigenvalue weighted by Gasteiger charge is -2.16. The minimum absolute atomic E-state index is 0.118. The van der Waals surface area contributed by atoms with Crippen LogP contribution in [0.25, 0.3) is 11.0 Å². The van der Waals surface area contributed by atoms with Crippen molar-refractivity contribution in [2.75, 3.05) is 29.6 Å². The number of nitrogens with zero attached hydrogens (tertiary/aromatic N) is 2. The van der Waals surface area contributed by atoms with E-state index in [4.69, 9.17) is 4.74 Å². The maximum atomic E-state index is 12.2. The molecule has 1 aromatic heterocycles. The summed E-state index contributed by atoms with van der Waals surface area (Å²) in [6, 6.07) is 13.0. The first kappa shape index (κ1) is 18.4. The van der Waals surface area contributed by atoms with E-state index < -0.39 is 0 Å². The molecule has 1 aliphatic rings. The van der Waals surface area contributed by atoms with Crippen molar-refractivity contribution < 1.29 is 14.3 Å². The highest BCUT2D eigenvalue weighted by Crippen LogP contribution is 2.25. The van der Waals surface area contributed by atoms with E-state index in [-0.39, 0.29) is 17.6 Å². The van der Waals surface area contributed by atoms with Gasteiger partial charge in [0, 0.05) is 30.4 Å². The molecule has 0 unspecified atom stereocenters. The molecule has 0 aliphatic carbocycles. The van der Waals surface area contributed by atoms with E-state index in [0.29, 0.717) is 17.3 Å². The van der Waals surface area contributed by atoms with E-state index in [0.717, 1.165) is 35.4 Å². The van der Waals surface area contributed by atoms with Crippen molar-refractivity contribution in [1.29, 1.82) is 0 Å². The van der Waals surface area contributed by atoms with Gasteiger partial charge in [-0.1, -0.05) is 11.8 Å². The smallest absolute Gasteiger partial charge is 0.234 e. The summed E-state index contributed by atoms with van der Waals surface area (Å²) in [5.74, 6) is 1.03. The number of carbonyl (C=O) groups excluding carboxylic acids is 2. The van der Waals surface area contributed by atoms with E-state index in [1.165, 1.54) is 11.8 Å². The number of H-pyrrole nitrogens is 1. The molecule has 7 nitrogen and oxygen atoms in total. The highest BCUT2D eigenvalue weighted by molar-refractivity contribution is 7.99. The van der Waals surface area contributed by atoms with Crippen molar-refractivity contribution in [2.24, 2.45) is 0 Å². The van der Waals surface area contributed by atoms with Crippen LogP contribution in [0.5, 0.6) is 5.75 Å². The zero-order valence-corrected chi connectivity index (χ0v) is 16.2. The van der Waals surface area contributed by atoms with Crippen LogP contribution in [0.1, 0.15) is 12.8 Å². The van der Waals surface area contributed by atoms with E-state index in [1.807, 2.05) is 42.5 Å². The summed E-state index contributed by atoms with van der Waals surface area (Å²) in [5.41, 5.74) is 3.27. The summed E-state index contributed by atoms with van der Waals surface area (Å²) in [5, 5.41) is 3.55. The first-order valence-corrected chi connectivity index (χ1v) is 9.98. The molecule has 0 atom stereocenters. The normalized spacial score (nSPS) is 13.9. The van der Waals surface area contributed by atoms with Crippen molar-refractivity contribution in [3.05, 3.63) is 42.5 Å². The fourth-order valence-electron chi connectivity index (χ4n) is 3.14. The monoisotopic (exact) mass is 396 g/mol. The third-order valence-corrected chi connectivity index (χ3v) is 5.42. The number of hydrogen-bond donors (Lipinski definition) is 2. The number of aromatic nitrogens is 2. The third-order valence-electron chi connectivity index (χ3n) is 4.54. The number of nitrogens with one attached hydrogen (secondary N) is 2. The molecule has 1 aliphatic heterocycles. The van der Waals surface area contributed by atoms with Crippen LogP contribution in [-0.2, 0) is 9.59 Å². The molecule has 2 heterocycles. The number of methoxy groups -OCH3 is 1. The van der Waals surface area contributed by atoms with Gasteiger partial charge < -0.3 is 19.9 Å². The van der Waals surface area contributed by atoms with E-state index >= 15 is 0 Å². The van der Waals surface area contributed by atoms with Crippen LogP contribution in [0, 0.1) is 0 Å². The first-order valence-electron chi connectivity index (χ1n) is 8.99.